The summed E-state index contributed by atoms with van der Waals surface area (Å²) in [6.07, 6.45) is 1.60. The minimum Gasteiger partial charge on any atom is -0.481 e. The molecule has 0 aromatic rings. The molecule has 2 nitrogen and oxygen atoms in total. The number of hydrogen-bond acceptors (Lipinski definition) is 1. The van der Waals surface area contributed by atoms with Crippen molar-refractivity contribution in [2.24, 2.45) is 17.3 Å². The molecule has 1 fully saturated rings. The molecule has 1 aliphatic rings. The van der Waals surface area contributed by atoms with Crippen molar-refractivity contribution in [3.63, 3.8) is 0 Å². The molecule has 0 saturated heterocycles. The topological polar surface area (TPSA) is 37.3 Å². The Bertz CT molecular complexity index is 241. The van der Waals surface area contributed by atoms with Crippen LogP contribution in [-0.4, -0.2) is 11.1 Å². The molecule has 12 heavy (non-hydrogen) atoms. The quantitative estimate of drug-likeness (QED) is 0.758. The lowest BCUT2D eigenvalue weighted by Gasteiger charge is -1.96. The number of carbonyl (C=O) groups is 1. The van der Waals surface area contributed by atoms with Gasteiger partial charge in [0.15, 0.2) is 0 Å². The lowest BCUT2D eigenvalue weighted by Crippen LogP contribution is -2.02. The van der Waals surface area contributed by atoms with Crippen LogP contribution < -0.4 is 0 Å². The van der Waals surface area contributed by atoms with Crippen LogP contribution in [0.4, 0.5) is 0 Å². The largest absolute Gasteiger partial charge is 0.481 e. The highest BCUT2D eigenvalue weighted by Crippen LogP contribution is 2.59. The number of hydrogen-bond donors (Lipinski definition) is 1. The van der Waals surface area contributed by atoms with Gasteiger partial charge >= 0.3 is 5.97 Å². The van der Waals surface area contributed by atoms with Gasteiger partial charge in [-0.2, -0.15) is 0 Å². The van der Waals surface area contributed by atoms with Crippen molar-refractivity contribution in [1.29, 1.82) is 0 Å². The Morgan fingerprint density at radius 3 is 2.25 bits per heavy atom. The molecule has 1 rings (SSSR count). The Morgan fingerprint density at radius 1 is 1.50 bits per heavy atom. The molecule has 0 aromatic heterocycles. The molecule has 0 aliphatic heterocycles. The van der Waals surface area contributed by atoms with Gasteiger partial charge in [-0.1, -0.05) is 37.0 Å². The molecule has 0 radical (unpaired) electrons. The van der Waals surface area contributed by atoms with Crippen LogP contribution in [-0.2, 0) is 4.79 Å². The summed E-state index contributed by atoms with van der Waals surface area (Å²) < 4.78 is 0.150. The Labute approximate surface area is 81.2 Å². The molecule has 1 unspecified atom stereocenters. The Morgan fingerprint density at radius 2 is 2.00 bits per heavy atom. The second-order valence-corrected chi connectivity index (χ2v) is 4.63. The van der Waals surface area contributed by atoms with Gasteiger partial charge in [-0.15, -0.1) is 0 Å². The molecule has 4 heteroatoms. The summed E-state index contributed by atoms with van der Waals surface area (Å²) in [4.78, 5) is 10.7. The van der Waals surface area contributed by atoms with E-state index in [-0.39, 0.29) is 21.7 Å². The van der Waals surface area contributed by atoms with E-state index in [0.717, 1.165) is 0 Å². The maximum Gasteiger partial charge on any atom is 0.307 e. The summed E-state index contributed by atoms with van der Waals surface area (Å²) in [5.41, 5.74) is -0.207. The third kappa shape index (κ3) is 1.59. The van der Waals surface area contributed by atoms with E-state index in [2.05, 4.69) is 0 Å². The van der Waals surface area contributed by atoms with E-state index < -0.39 is 5.97 Å². The number of allylic oxidation sites excluding steroid dienone is 1. The summed E-state index contributed by atoms with van der Waals surface area (Å²) in [5, 5.41) is 8.76. The summed E-state index contributed by atoms with van der Waals surface area (Å²) in [5.74, 6) is -1.15. The third-order valence-corrected chi connectivity index (χ3v) is 2.73. The maximum atomic E-state index is 10.7. The molecule has 0 spiro atoms. The van der Waals surface area contributed by atoms with Crippen LogP contribution in [0.5, 0.6) is 0 Å². The lowest BCUT2D eigenvalue weighted by molar-refractivity contribution is -0.139. The molecule has 0 amide bonds. The SMILES string of the molecule is CC1(C)C(C(=O)O)[C@@H]1C=C(Cl)Cl. The van der Waals surface area contributed by atoms with Gasteiger partial charge in [0.2, 0.25) is 0 Å². The van der Waals surface area contributed by atoms with E-state index in [9.17, 15) is 4.79 Å². The van der Waals surface area contributed by atoms with E-state index in [4.69, 9.17) is 28.3 Å². The smallest absolute Gasteiger partial charge is 0.307 e. The Kier molecular flexibility index (Phi) is 2.41. The summed E-state index contributed by atoms with van der Waals surface area (Å²) >= 11 is 10.9. The second-order valence-electron chi connectivity index (χ2n) is 3.62. The fourth-order valence-corrected chi connectivity index (χ4v) is 1.87. The molecule has 0 aromatic carbocycles. The molecule has 68 valence electrons. The fourth-order valence-electron chi connectivity index (χ4n) is 1.60. The zero-order chi connectivity index (χ0) is 9.52. The second kappa shape index (κ2) is 2.93. The van der Waals surface area contributed by atoms with Crippen molar-refractivity contribution >= 4 is 29.2 Å². The Hall–Kier alpha value is -0.210. The van der Waals surface area contributed by atoms with Crippen molar-refractivity contribution in [2.45, 2.75) is 13.8 Å². The maximum absolute atomic E-state index is 10.7. The van der Waals surface area contributed by atoms with E-state index in [1.807, 2.05) is 13.8 Å². The van der Waals surface area contributed by atoms with Crippen LogP contribution in [0.2, 0.25) is 0 Å². The predicted octanol–water partition coefficient (Wildman–Crippen LogP) is 2.66. The van der Waals surface area contributed by atoms with E-state index in [1.165, 1.54) is 0 Å². The van der Waals surface area contributed by atoms with Crippen molar-refractivity contribution < 1.29 is 9.90 Å². The molecular weight excluding hydrogens is 199 g/mol. The van der Waals surface area contributed by atoms with Crippen LogP contribution in [0.15, 0.2) is 10.6 Å². The minimum atomic E-state index is -0.782. The van der Waals surface area contributed by atoms with E-state index in [1.54, 1.807) is 6.08 Å². The first-order valence-electron chi connectivity index (χ1n) is 3.63. The summed E-state index contributed by atoms with van der Waals surface area (Å²) in [6.45, 7) is 3.79. The van der Waals surface area contributed by atoms with Crippen molar-refractivity contribution in [1.82, 2.24) is 0 Å². The highest BCUT2D eigenvalue weighted by molar-refractivity contribution is 6.55. The lowest BCUT2D eigenvalue weighted by atomic mass is 10.1. The number of carboxylic acid groups (broad SMARTS) is 1. The molecule has 0 heterocycles. The minimum absolute atomic E-state index is 0.0278. The Balaban J connectivity index is 2.73. The molecule has 1 N–H and O–H groups in total. The standard InChI is InChI=1S/C8H10Cl2O2/c1-8(2)4(3-5(9)10)6(8)7(11)12/h3-4,6H,1-2H3,(H,11,12)/t4-,6?/m0/s1. The van der Waals surface area contributed by atoms with Crippen LogP contribution in [0.1, 0.15) is 13.8 Å². The average molecular weight is 209 g/mol. The van der Waals surface area contributed by atoms with Gasteiger partial charge in [0.1, 0.15) is 4.49 Å². The molecule has 2 atom stereocenters. The number of carboxylic acids is 1. The van der Waals surface area contributed by atoms with Gasteiger partial charge in [-0.05, 0) is 17.4 Å². The fraction of sp³-hybridized carbons (Fsp3) is 0.625. The summed E-state index contributed by atoms with van der Waals surface area (Å²) in [7, 11) is 0. The predicted molar refractivity (Wildman–Crippen MR) is 48.2 cm³/mol. The normalized spacial score (nSPS) is 31.0. The third-order valence-electron chi connectivity index (χ3n) is 2.48. The first-order valence-corrected chi connectivity index (χ1v) is 4.38. The van der Waals surface area contributed by atoms with Crippen molar-refractivity contribution in [2.75, 3.05) is 0 Å². The van der Waals surface area contributed by atoms with Crippen LogP contribution in [0.3, 0.4) is 0 Å². The van der Waals surface area contributed by atoms with Crippen LogP contribution >= 0.6 is 23.2 Å². The van der Waals surface area contributed by atoms with Gasteiger partial charge in [-0.3, -0.25) is 4.79 Å². The average Bonchev–Trinajstić information content (AvgIpc) is 2.32. The zero-order valence-electron chi connectivity index (χ0n) is 6.84. The highest BCUT2D eigenvalue weighted by Gasteiger charge is 2.60. The molecule has 0 bridgehead atoms. The number of rotatable bonds is 2. The van der Waals surface area contributed by atoms with Crippen molar-refractivity contribution in [3.8, 4) is 0 Å². The van der Waals surface area contributed by atoms with Crippen molar-refractivity contribution in [3.05, 3.63) is 10.6 Å². The monoisotopic (exact) mass is 208 g/mol. The first kappa shape index (κ1) is 9.87. The molecule has 1 saturated carbocycles. The van der Waals surface area contributed by atoms with Gasteiger partial charge in [0.05, 0.1) is 5.92 Å². The van der Waals surface area contributed by atoms with Gasteiger partial charge < -0.3 is 5.11 Å². The van der Waals surface area contributed by atoms with Gasteiger partial charge in [-0.25, -0.2) is 0 Å². The first-order chi connectivity index (χ1) is 5.37. The van der Waals surface area contributed by atoms with Crippen LogP contribution in [0, 0.1) is 17.3 Å². The van der Waals surface area contributed by atoms with Gasteiger partial charge in [0.25, 0.3) is 0 Å². The number of halogens is 2. The van der Waals surface area contributed by atoms with E-state index >= 15 is 0 Å². The van der Waals surface area contributed by atoms with E-state index in [0.29, 0.717) is 0 Å². The zero-order valence-corrected chi connectivity index (χ0v) is 8.36. The number of aliphatic carboxylic acids is 1. The van der Waals surface area contributed by atoms with Gasteiger partial charge in [0, 0.05) is 0 Å². The summed E-state index contributed by atoms with van der Waals surface area (Å²) in [6, 6.07) is 0. The highest BCUT2D eigenvalue weighted by atomic mass is 35.5. The molecular formula is C8H10Cl2O2. The molecule has 1 aliphatic carbocycles. The van der Waals surface area contributed by atoms with Crippen LogP contribution in [0.25, 0.3) is 0 Å².